The standard InChI is InChI=1S/C12H16N2O.C2H6O/c1-14-6-3-10(4-7-14)12-8-13-5-2-11(12)9-15;1-3-2/h2,5,8-10H,3-4,6-7H2,1H3;1-2H3. The molecule has 0 radical (unpaired) electrons. The molecular formula is C14H22N2O2. The van der Waals surface area contributed by atoms with E-state index in [4.69, 9.17) is 0 Å². The zero-order valence-corrected chi connectivity index (χ0v) is 11.4. The number of likely N-dealkylation sites (tertiary alicyclic amines) is 1. The smallest absolute Gasteiger partial charge is 0.150 e. The molecule has 1 aromatic heterocycles. The summed E-state index contributed by atoms with van der Waals surface area (Å²) in [6.07, 6.45) is 6.73. The quantitative estimate of drug-likeness (QED) is 0.753. The zero-order chi connectivity index (χ0) is 13.4. The molecule has 2 heterocycles. The highest BCUT2D eigenvalue weighted by Gasteiger charge is 2.20. The lowest BCUT2D eigenvalue weighted by atomic mass is 9.88. The minimum absolute atomic E-state index is 0.509. The maximum atomic E-state index is 10.9. The molecule has 1 aliphatic rings. The molecule has 0 amide bonds. The Hall–Kier alpha value is -1.26. The average molecular weight is 250 g/mol. The molecule has 1 fully saturated rings. The van der Waals surface area contributed by atoms with Crippen LogP contribution in [0.3, 0.4) is 0 Å². The van der Waals surface area contributed by atoms with Crippen LogP contribution in [-0.2, 0) is 4.74 Å². The van der Waals surface area contributed by atoms with Crippen molar-refractivity contribution in [3.8, 4) is 0 Å². The lowest BCUT2D eigenvalue weighted by Gasteiger charge is -2.29. The maximum Gasteiger partial charge on any atom is 0.150 e. The van der Waals surface area contributed by atoms with Gasteiger partial charge in [-0.25, -0.2) is 0 Å². The van der Waals surface area contributed by atoms with Crippen LogP contribution in [0.25, 0.3) is 0 Å². The van der Waals surface area contributed by atoms with Crippen LogP contribution < -0.4 is 0 Å². The van der Waals surface area contributed by atoms with Gasteiger partial charge in [-0.2, -0.15) is 0 Å². The van der Waals surface area contributed by atoms with Gasteiger partial charge in [-0.05, 0) is 50.5 Å². The van der Waals surface area contributed by atoms with Crippen LogP contribution >= 0.6 is 0 Å². The minimum atomic E-state index is 0.509. The first-order chi connectivity index (χ1) is 8.72. The Morgan fingerprint density at radius 2 is 2.00 bits per heavy atom. The van der Waals surface area contributed by atoms with Crippen molar-refractivity contribution in [1.29, 1.82) is 0 Å². The van der Waals surface area contributed by atoms with Crippen LogP contribution in [0.15, 0.2) is 18.5 Å². The summed E-state index contributed by atoms with van der Waals surface area (Å²) in [6.45, 7) is 2.22. The molecule has 0 saturated carbocycles. The Labute approximate surface area is 109 Å². The average Bonchev–Trinajstić information content (AvgIpc) is 2.40. The molecule has 1 saturated heterocycles. The van der Waals surface area contributed by atoms with Crippen molar-refractivity contribution in [3.63, 3.8) is 0 Å². The third-order valence-corrected chi connectivity index (χ3v) is 3.17. The van der Waals surface area contributed by atoms with E-state index in [-0.39, 0.29) is 0 Å². The Kier molecular flexibility index (Phi) is 6.54. The Bertz CT molecular complexity index is 361. The lowest BCUT2D eigenvalue weighted by molar-refractivity contribution is 0.112. The van der Waals surface area contributed by atoms with Gasteiger partial charge in [0.15, 0.2) is 0 Å². The van der Waals surface area contributed by atoms with Gasteiger partial charge in [-0.1, -0.05) is 0 Å². The van der Waals surface area contributed by atoms with Crippen molar-refractivity contribution < 1.29 is 9.53 Å². The predicted molar refractivity (Wildman–Crippen MR) is 72.0 cm³/mol. The molecule has 0 aromatic carbocycles. The number of aromatic nitrogens is 1. The number of methoxy groups -OCH3 is 1. The van der Waals surface area contributed by atoms with Gasteiger partial charge in [0.25, 0.3) is 0 Å². The molecule has 1 aliphatic heterocycles. The van der Waals surface area contributed by atoms with E-state index in [1.807, 2.05) is 6.20 Å². The summed E-state index contributed by atoms with van der Waals surface area (Å²) in [7, 11) is 5.39. The maximum absolute atomic E-state index is 10.9. The predicted octanol–water partition coefficient (Wildman–Crippen LogP) is 1.97. The van der Waals surface area contributed by atoms with Crippen molar-refractivity contribution in [2.45, 2.75) is 18.8 Å². The van der Waals surface area contributed by atoms with Crippen molar-refractivity contribution in [2.24, 2.45) is 0 Å². The number of ether oxygens (including phenoxy) is 1. The number of nitrogens with zero attached hydrogens (tertiary/aromatic N) is 2. The molecule has 4 nitrogen and oxygen atoms in total. The SMILES string of the molecule is CN1CCC(c2cnccc2C=O)CC1.COC. The third-order valence-electron chi connectivity index (χ3n) is 3.17. The highest BCUT2D eigenvalue weighted by molar-refractivity contribution is 5.77. The van der Waals surface area contributed by atoms with E-state index >= 15 is 0 Å². The van der Waals surface area contributed by atoms with E-state index in [9.17, 15) is 4.79 Å². The van der Waals surface area contributed by atoms with Gasteiger partial charge in [0, 0.05) is 32.2 Å². The summed E-state index contributed by atoms with van der Waals surface area (Å²) in [6, 6.07) is 1.81. The largest absolute Gasteiger partial charge is 0.388 e. The molecule has 0 aliphatic carbocycles. The van der Waals surface area contributed by atoms with Crippen LogP contribution in [0.1, 0.15) is 34.7 Å². The molecule has 18 heavy (non-hydrogen) atoms. The van der Waals surface area contributed by atoms with E-state index < -0.39 is 0 Å². The molecule has 0 N–H and O–H groups in total. The van der Waals surface area contributed by atoms with Gasteiger partial charge in [0.2, 0.25) is 0 Å². The van der Waals surface area contributed by atoms with Crippen molar-refractivity contribution >= 4 is 6.29 Å². The molecule has 100 valence electrons. The molecule has 2 rings (SSSR count). The van der Waals surface area contributed by atoms with Gasteiger partial charge in [-0.3, -0.25) is 9.78 Å². The Morgan fingerprint density at radius 3 is 2.56 bits per heavy atom. The summed E-state index contributed by atoms with van der Waals surface area (Å²) >= 11 is 0. The summed E-state index contributed by atoms with van der Waals surface area (Å²) in [5, 5.41) is 0. The highest BCUT2D eigenvalue weighted by Crippen LogP contribution is 2.28. The molecular weight excluding hydrogens is 228 g/mol. The fourth-order valence-corrected chi connectivity index (χ4v) is 2.19. The van der Waals surface area contributed by atoms with Crippen molar-refractivity contribution in [3.05, 3.63) is 29.6 Å². The monoisotopic (exact) mass is 250 g/mol. The fraction of sp³-hybridized carbons (Fsp3) is 0.571. The normalized spacial score (nSPS) is 16.8. The number of hydrogen-bond donors (Lipinski definition) is 0. The number of carbonyl (C=O) groups excluding carboxylic acids is 1. The van der Waals surface area contributed by atoms with Crippen molar-refractivity contribution in [2.75, 3.05) is 34.4 Å². The van der Waals surface area contributed by atoms with Crippen LogP contribution in [0, 0.1) is 0 Å². The van der Waals surface area contributed by atoms with E-state index in [0.717, 1.165) is 43.3 Å². The van der Waals surface area contributed by atoms with Crippen LogP contribution in [-0.4, -0.2) is 50.5 Å². The second-order valence-electron chi connectivity index (χ2n) is 4.61. The van der Waals surface area contributed by atoms with E-state index in [2.05, 4.69) is 21.7 Å². The topological polar surface area (TPSA) is 42.4 Å². The van der Waals surface area contributed by atoms with Gasteiger partial charge >= 0.3 is 0 Å². The Morgan fingerprint density at radius 1 is 1.39 bits per heavy atom. The number of hydrogen-bond acceptors (Lipinski definition) is 4. The van der Waals surface area contributed by atoms with Crippen LogP contribution in [0.2, 0.25) is 0 Å². The molecule has 0 atom stereocenters. The Balaban J connectivity index is 0.000000492. The first-order valence-corrected chi connectivity index (χ1v) is 6.20. The van der Waals surface area contributed by atoms with Gasteiger partial charge in [-0.15, -0.1) is 0 Å². The molecule has 4 heteroatoms. The first-order valence-electron chi connectivity index (χ1n) is 6.20. The summed E-state index contributed by atoms with van der Waals surface area (Å²) in [5.41, 5.74) is 1.93. The van der Waals surface area contributed by atoms with E-state index in [1.54, 1.807) is 26.5 Å². The second-order valence-corrected chi connectivity index (χ2v) is 4.61. The number of carbonyl (C=O) groups is 1. The summed E-state index contributed by atoms with van der Waals surface area (Å²) in [4.78, 5) is 17.3. The number of aldehydes is 1. The molecule has 0 bridgehead atoms. The summed E-state index contributed by atoms with van der Waals surface area (Å²) in [5.74, 6) is 0.509. The second kappa shape index (κ2) is 7.95. The number of pyridine rings is 1. The van der Waals surface area contributed by atoms with Crippen LogP contribution in [0.5, 0.6) is 0 Å². The fourth-order valence-electron chi connectivity index (χ4n) is 2.19. The summed E-state index contributed by atoms with van der Waals surface area (Å²) < 4.78 is 4.25. The third kappa shape index (κ3) is 4.20. The number of piperidine rings is 1. The van der Waals surface area contributed by atoms with Crippen molar-refractivity contribution in [1.82, 2.24) is 9.88 Å². The lowest BCUT2D eigenvalue weighted by Crippen LogP contribution is -2.29. The minimum Gasteiger partial charge on any atom is -0.388 e. The number of rotatable bonds is 2. The van der Waals surface area contributed by atoms with Gasteiger partial charge in [0.05, 0.1) is 0 Å². The van der Waals surface area contributed by atoms with E-state index in [0.29, 0.717) is 5.92 Å². The van der Waals surface area contributed by atoms with Gasteiger partial charge < -0.3 is 9.64 Å². The van der Waals surface area contributed by atoms with Gasteiger partial charge in [0.1, 0.15) is 6.29 Å². The first kappa shape index (κ1) is 14.8. The van der Waals surface area contributed by atoms with Crippen LogP contribution in [0.4, 0.5) is 0 Å². The highest BCUT2D eigenvalue weighted by atomic mass is 16.4. The molecule has 0 unspecified atom stereocenters. The van der Waals surface area contributed by atoms with E-state index in [1.165, 1.54) is 0 Å². The molecule has 0 spiro atoms. The zero-order valence-electron chi connectivity index (χ0n) is 11.4. The molecule has 1 aromatic rings.